The summed E-state index contributed by atoms with van der Waals surface area (Å²) in [6, 6.07) is 61.5. The molecule has 0 atom stereocenters. The highest BCUT2D eigenvalue weighted by atomic mass is 16.5. The average molecular weight is 597 g/mol. The summed E-state index contributed by atoms with van der Waals surface area (Å²) >= 11 is 0. The van der Waals surface area contributed by atoms with E-state index < -0.39 is 0 Å². The minimum Gasteiger partial charge on any atom is -0.456 e. The van der Waals surface area contributed by atoms with Gasteiger partial charge in [0.1, 0.15) is 11.5 Å². The Morgan fingerprint density at radius 2 is 0.872 bits per heavy atom. The Balaban J connectivity index is 1.27. The van der Waals surface area contributed by atoms with Crippen molar-refractivity contribution in [1.82, 2.24) is 0 Å². The summed E-state index contributed by atoms with van der Waals surface area (Å²) < 4.78 is 6.47. The molecule has 0 aliphatic carbocycles. The lowest BCUT2D eigenvalue weighted by Gasteiger charge is -2.24. The summed E-state index contributed by atoms with van der Waals surface area (Å²) in [6.07, 6.45) is 0. The van der Waals surface area contributed by atoms with Gasteiger partial charge in [0.05, 0.1) is 0 Å². The van der Waals surface area contributed by atoms with Crippen LogP contribution in [-0.2, 0) is 0 Å². The molecule has 1 aliphatic heterocycles. The van der Waals surface area contributed by atoms with E-state index in [1.807, 2.05) is 6.07 Å². The molecular weight excluding hydrogens is 569 g/mol. The zero-order valence-electron chi connectivity index (χ0n) is 25.6. The van der Waals surface area contributed by atoms with Crippen LogP contribution in [0.4, 0.5) is 0 Å². The van der Waals surface area contributed by atoms with Crippen molar-refractivity contribution in [2.45, 2.75) is 0 Å². The molecular formula is C46H28O. The fourth-order valence-corrected chi connectivity index (χ4v) is 7.82. The van der Waals surface area contributed by atoms with Gasteiger partial charge in [0, 0.05) is 10.9 Å². The summed E-state index contributed by atoms with van der Waals surface area (Å²) in [5.41, 5.74) is 9.83. The zero-order valence-corrected chi connectivity index (χ0v) is 25.6. The van der Waals surface area contributed by atoms with Crippen LogP contribution in [0.5, 0.6) is 11.5 Å². The molecule has 1 heteroatoms. The Morgan fingerprint density at radius 1 is 0.298 bits per heavy atom. The normalized spacial score (nSPS) is 12.0. The van der Waals surface area contributed by atoms with Crippen molar-refractivity contribution in [2.24, 2.45) is 0 Å². The number of ether oxygens (including phenoxy) is 1. The maximum Gasteiger partial charge on any atom is 0.135 e. The molecule has 0 radical (unpaired) electrons. The highest BCUT2D eigenvalue weighted by Gasteiger charge is 2.24. The van der Waals surface area contributed by atoms with Crippen molar-refractivity contribution in [3.05, 3.63) is 170 Å². The van der Waals surface area contributed by atoms with Crippen LogP contribution in [0.25, 0.3) is 87.6 Å². The summed E-state index contributed by atoms with van der Waals surface area (Å²) in [5.74, 6) is 1.82. The predicted molar refractivity (Wildman–Crippen MR) is 198 cm³/mol. The molecule has 0 saturated heterocycles. The van der Waals surface area contributed by atoms with Gasteiger partial charge in [-0.25, -0.2) is 0 Å². The van der Waals surface area contributed by atoms with Gasteiger partial charge >= 0.3 is 0 Å². The van der Waals surface area contributed by atoms with Crippen molar-refractivity contribution in [3.8, 4) is 56.0 Å². The monoisotopic (exact) mass is 596 g/mol. The fourth-order valence-electron chi connectivity index (χ4n) is 7.82. The van der Waals surface area contributed by atoms with Crippen molar-refractivity contribution >= 4 is 43.1 Å². The smallest absolute Gasteiger partial charge is 0.135 e. The number of hydrogen-bond donors (Lipinski definition) is 0. The first-order valence-electron chi connectivity index (χ1n) is 16.2. The molecule has 0 fully saturated rings. The van der Waals surface area contributed by atoms with Crippen LogP contribution < -0.4 is 4.74 Å². The third-order valence-electron chi connectivity index (χ3n) is 9.86. The van der Waals surface area contributed by atoms with Crippen LogP contribution in [0, 0.1) is 0 Å². The van der Waals surface area contributed by atoms with E-state index in [4.69, 9.17) is 4.74 Å². The van der Waals surface area contributed by atoms with Gasteiger partial charge in [-0.05, 0) is 101 Å². The van der Waals surface area contributed by atoms with E-state index in [0.717, 1.165) is 17.1 Å². The first-order chi connectivity index (χ1) is 23.3. The summed E-state index contributed by atoms with van der Waals surface area (Å²) in [5, 5.41) is 9.87. The summed E-state index contributed by atoms with van der Waals surface area (Å²) in [4.78, 5) is 0. The molecule has 9 aromatic rings. The van der Waals surface area contributed by atoms with Crippen molar-refractivity contribution in [2.75, 3.05) is 0 Å². The molecule has 9 aromatic carbocycles. The van der Waals surface area contributed by atoms with Gasteiger partial charge in [0.15, 0.2) is 0 Å². The Bertz CT molecular complexity index is 2640. The summed E-state index contributed by atoms with van der Waals surface area (Å²) in [7, 11) is 0. The lowest BCUT2D eigenvalue weighted by atomic mass is 9.82. The lowest BCUT2D eigenvalue weighted by Crippen LogP contribution is -1.98. The van der Waals surface area contributed by atoms with Crippen LogP contribution in [0.1, 0.15) is 0 Å². The molecule has 0 unspecified atom stereocenters. The Hall–Kier alpha value is -6.18. The van der Waals surface area contributed by atoms with Crippen LogP contribution in [-0.4, -0.2) is 0 Å². The second-order valence-corrected chi connectivity index (χ2v) is 12.4. The molecule has 47 heavy (non-hydrogen) atoms. The van der Waals surface area contributed by atoms with Crippen LogP contribution in [0.15, 0.2) is 170 Å². The van der Waals surface area contributed by atoms with Gasteiger partial charge in [0.25, 0.3) is 0 Å². The molecule has 0 amide bonds. The van der Waals surface area contributed by atoms with Gasteiger partial charge in [-0.3, -0.25) is 0 Å². The van der Waals surface area contributed by atoms with Gasteiger partial charge in [-0.1, -0.05) is 146 Å². The Labute approximate surface area is 272 Å². The lowest BCUT2D eigenvalue weighted by molar-refractivity contribution is 0.487. The van der Waals surface area contributed by atoms with Crippen LogP contribution >= 0.6 is 0 Å². The quantitative estimate of drug-likeness (QED) is 0.184. The SMILES string of the molecule is c1ccc(-c2ccc3c(-c4c5ccccc5c(-c5ccc6c7c(cccc57)-c5ccccc5O6)c5ccccc45)cccc3c2)cc1. The number of rotatable bonds is 3. The van der Waals surface area contributed by atoms with Crippen LogP contribution in [0.3, 0.4) is 0 Å². The topological polar surface area (TPSA) is 9.23 Å². The minimum absolute atomic E-state index is 0.909. The number of hydrogen-bond acceptors (Lipinski definition) is 1. The highest BCUT2D eigenvalue weighted by molar-refractivity contribution is 6.26. The number of fused-ring (bicyclic) bond motifs is 5. The molecule has 0 saturated carbocycles. The van der Waals surface area contributed by atoms with E-state index in [9.17, 15) is 0 Å². The van der Waals surface area contributed by atoms with E-state index in [2.05, 4.69) is 164 Å². The molecule has 1 aliphatic rings. The Morgan fingerprint density at radius 3 is 1.62 bits per heavy atom. The molecule has 0 aromatic heterocycles. The van der Waals surface area contributed by atoms with Crippen molar-refractivity contribution < 1.29 is 4.74 Å². The van der Waals surface area contributed by atoms with Crippen LogP contribution in [0.2, 0.25) is 0 Å². The molecule has 218 valence electrons. The first kappa shape index (κ1) is 26.1. The standard InChI is InChI=1S/C46H28O/c1-2-12-29(13-3-1)30-24-25-32-31(28-30)14-10-20-34(32)44-36-16-4-6-18-38(36)45(39-19-7-5-17-37(39)44)41-26-27-43-46-35(21-11-22-40(41)46)33-15-8-9-23-42(33)47-43/h1-28H. The number of para-hydroxylation sites is 1. The van der Waals surface area contributed by atoms with E-state index in [-0.39, 0.29) is 0 Å². The minimum atomic E-state index is 0.909. The van der Waals surface area contributed by atoms with Crippen molar-refractivity contribution in [1.29, 1.82) is 0 Å². The predicted octanol–water partition coefficient (Wildman–Crippen LogP) is 13.1. The second-order valence-electron chi connectivity index (χ2n) is 12.4. The molecule has 1 nitrogen and oxygen atoms in total. The zero-order chi connectivity index (χ0) is 30.9. The third kappa shape index (κ3) is 3.90. The molecule has 10 rings (SSSR count). The van der Waals surface area contributed by atoms with E-state index in [1.54, 1.807) is 0 Å². The Kier molecular flexibility index (Phi) is 5.64. The molecule has 0 N–H and O–H groups in total. The highest BCUT2D eigenvalue weighted by Crippen LogP contribution is 2.51. The largest absolute Gasteiger partial charge is 0.456 e. The molecule has 1 heterocycles. The van der Waals surface area contributed by atoms with Gasteiger partial charge in [-0.15, -0.1) is 0 Å². The van der Waals surface area contributed by atoms with Gasteiger partial charge < -0.3 is 4.74 Å². The average Bonchev–Trinajstić information content (AvgIpc) is 3.14. The second kappa shape index (κ2) is 10.2. The summed E-state index contributed by atoms with van der Waals surface area (Å²) in [6.45, 7) is 0. The first-order valence-corrected chi connectivity index (χ1v) is 16.2. The van der Waals surface area contributed by atoms with Gasteiger partial charge in [-0.2, -0.15) is 0 Å². The maximum absolute atomic E-state index is 6.47. The number of benzene rings is 9. The van der Waals surface area contributed by atoms with Gasteiger partial charge in [0.2, 0.25) is 0 Å². The molecule has 0 bridgehead atoms. The van der Waals surface area contributed by atoms with E-state index >= 15 is 0 Å². The van der Waals surface area contributed by atoms with Crippen molar-refractivity contribution in [3.63, 3.8) is 0 Å². The fraction of sp³-hybridized carbons (Fsp3) is 0. The molecule has 0 spiro atoms. The third-order valence-corrected chi connectivity index (χ3v) is 9.86. The van der Waals surface area contributed by atoms with E-state index in [0.29, 0.717) is 0 Å². The van der Waals surface area contributed by atoms with E-state index in [1.165, 1.54) is 82.0 Å². The maximum atomic E-state index is 6.47.